The molecular formula is C52H33NOS. The van der Waals surface area contributed by atoms with Crippen molar-refractivity contribution < 1.29 is 4.42 Å². The maximum absolute atomic E-state index is 6.25. The maximum Gasteiger partial charge on any atom is 0.136 e. The Morgan fingerprint density at radius 2 is 1.02 bits per heavy atom. The summed E-state index contributed by atoms with van der Waals surface area (Å²) in [6.45, 7) is 0. The lowest BCUT2D eigenvalue weighted by molar-refractivity contribution is 0.669. The van der Waals surface area contributed by atoms with Gasteiger partial charge >= 0.3 is 0 Å². The van der Waals surface area contributed by atoms with E-state index < -0.39 is 0 Å². The van der Waals surface area contributed by atoms with E-state index in [1.54, 1.807) is 0 Å². The SMILES string of the molecule is c1cc(-c2cccc(N(c3ccc(-c4cccc5oc6ccccc6c45)cc3)c3cccc4c3sc3ccccc34)c2)cc(-c2cccc3ccccc23)c1. The molecule has 2 aromatic heterocycles. The summed E-state index contributed by atoms with van der Waals surface area (Å²) in [5.41, 5.74) is 12.3. The second-order valence-electron chi connectivity index (χ2n) is 14.1. The summed E-state index contributed by atoms with van der Waals surface area (Å²) in [7, 11) is 0. The standard InChI is InChI=1S/C52H33NOS/c1-2-18-41-34(12-1)13-9-21-42(41)38-16-7-14-36(32-38)37-15-8-17-40(33-37)53(47-24-10-23-45-44-19-4-6-27-50(44)55-52(45)47)39-30-28-35(29-31-39)43-22-11-26-49-51(43)46-20-3-5-25-48(46)54-49/h1-33H. The smallest absolute Gasteiger partial charge is 0.136 e. The number of para-hydroxylation sites is 1. The van der Waals surface area contributed by atoms with Gasteiger partial charge in [-0.3, -0.25) is 0 Å². The Bertz CT molecular complexity index is 3220. The van der Waals surface area contributed by atoms with Crippen molar-refractivity contribution in [2.45, 2.75) is 0 Å². The Labute approximate surface area is 322 Å². The molecule has 11 rings (SSSR count). The molecule has 0 aliphatic heterocycles. The number of benzene rings is 9. The Morgan fingerprint density at radius 3 is 1.93 bits per heavy atom. The van der Waals surface area contributed by atoms with Crippen LogP contribution in [0, 0.1) is 0 Å². The first-order valence-electron chi connectivity index (χ1n) is 18.7. The number of rotatable bonds is 6. The number of hydrogen-bond donors (Lipinski definition) is 0. The average Bonchev–Trinajstić information content (AvgIpc) is 3.83. The summed E-state index contributed by atoms with van der Waals surface area (Å²) >= 11 is 1.86. The van der Waals surface area contributed by atoms with Gasteiger partial charge in [-0.25, -0.2) is 0 Å². The van der Waals surface area contributed by atoms with E-state index in [4.69, 9.17) is 4.42 Å². The third-order valence-electron chi connectivity index (χ3n) is 10.9. The van der Waals surface area contributed by atoms with Crippen LogP contribution in [0.15, 0.2) is 205 Å². The molecule has 0 unspecified atom stereocenters. The lowest BCUT2D eigenvalue weighted by atomic mass is 9.95. The highest BCUT2D eigenvalue weighted by Crippen LogP contribution is 2.46. The zero-order chi connectivity index (χ0) is 36.3. The molecule has 0 amide bonds. The molecule has 0 saturated carbocycles. The van der Waals surface area contributed by atoms with Crippen molar-refractivity contribution in [1.29, 1.82) is 0 Å². The van der Waals surface area contributed by atoms with Crippen LogP contribution >= 0.6 is 11.3 Å². The quantitative estimate of drug-likeness (QED) is 0.170. The van der Waals surface area contributed by atoms with Crippen LogP contribution in [0.3, 0.4) is 0 Å². The van der Waals surface area contributed by atoms with E-state index in [0.29, 0.717) is 0 Å². The molecule has 0 N–H and O–H groups in total. The lowest BCUT2D eigenvalue weighted by Crippen LogP contribution is -2.10. The second kappa shape index (κ2) is 12.9. The number of anilines is 3. The highest BCUT2D eigenvalue weighted by molar-refractivity contribution is 7.26. The van der Waals surface area contributed by atoms with Gasteiger partial charge in [0.1, 0.15) is 11.2 Å². The van der Waals surface area contributed by atoms with E-state index in [1.165, 1.54) is 58.8 Å². The highest BCUT2D eigenvalue weighted by Gasteiger charge is 2.20. The molecule has 0 fully saturated rings. The minimum Gasteiger partial charge on any atom is -0.456 e. The highest BCUT2D eigenvalue weighted by atomic mass is 32.1. The third-order valence-corrected chi connectivity index (χ3v) is 12.1. The summed E-state index contributed by atoms with van der Waals surface area (Å²) in [6.07, 6.45) is 0. The molecule has 11 aromatic rings. The van der Waals surface area contributed by atoms with E-state index in [0.717, 1.165) is 44.6 Å². The first-order valence-corrected chi connectivity index (χ1v) is 19.5. The molecule has 2 nitrogen and oxygen atoms in total. The van der Waals surface area contributed by atoms with Crippen LogP contribution in [0.25, 0.3) is 86.3 Å². The average molecular weight is 720 g/mol. The number of fused-ring (bicyclic) bond motifs is 7. The predicted octanol–water partition coefficient (Wildman–Crippen LogP) is 15.6. The number of furan rings is 1. The normalized spacial score (nSPS) is 11.6. The molecule has 0 radical (unpaired) electrons. The van der Waals surface area contributed by atoms with Gasteiger partial charge in [-0.15, -0.1) is 11.3 Å². The van der Waals surface area contributed by atoms with Crippen LogP contribution in [0.2, 0.25) is 0 Å². The fraction of sp³-hybridized carbons (Fsp3) is 0. The van der Waals surface area contributed by atoms with Crippen molar-refractivity contribution in [3.63, 3.8) is 0 Å². The molecule has 258 valence electrons. The monoisotopic (exact) mass is 719 g/mol. The molecule has 0 bridgehead atoms. The minimum atomic E-state index is 0.905. The molecular weight excluding hydrogens is 687 g/mol. The van der Waals surface area contributed by atoms with Crippen molar-refractivity contribution in [3.05, 3.63) is 200 Å². The topological polar surface area (TPSA) is 16.4 Å². The van der Waals surface area contributed by atoms with Crippen LogP contribution < -0.4 is 4.90 Å². The van der Waals surface area contributed by atoms with Crippen molar-refractivity contribution in [2.75, 3.05) is 4.90 Å². The number of thiophene rings is 1. The second-order valence-corrected chi connectivity index (χ2v) is 15.1. The predicted molar refractivity (Wildman–Crippen MR) is 235 cm³/mol. The molecule has 0 spiro atoms. The third kappa shape index (κ3) is 5.32. The van der Waals surface area contributed by atoms with Gasteiger partial charge in [-0.2, -0.15) is 0 Å². The Morgan fingerprint density at radius 1 is 0.382 bits per heavy atom. The van der Waals surface area contributed by atoms with Crippen LogP contribution in [0.5, 0.6) is 0 Å². The molecule has 55 heavy (non-hydrogen) atoms. The molecule has 2 heterocycles. The van der Waals surface area contributed by atoms with Gasteiger partial charge in [-0.05, 0) is 98.8 Å². The number of hydrogen-bond acceptors (Lipinski definition) is 3. The van der Waals surface area contributed by atoms with Gasteiger partial charge < -0.3 is 9.32 Å². The fourth-order valence-corrected chi connectivity index (χ4v) is 9.52. The van der Waals surface area contributed by atoms with Crippen LogP contribution in [-0.2, 0) is 0 Å². The molecule has 0 aliphatic rings. The fourth-order valence-electron chi connectivity index (χ4n) is 8.31. The first kappa shape index (κ1) is 31.6. The van der Waals surface area contributed by atoms with E-state index in [1.807, 2.05) is 23.5 Å². The minimum absolute atomic E-state index is 0.905. The van der Waals surface area contributed by atoms with E-state index >= 15 is 0 Å². The lowest BCUT2D eigenvalue weighted by Gasteiger charge is -2.27. The Balaban J connectivity index is 1.06. The zero-order valence-electron chi connectivity index (χ0n) is 29.8. The number of nitrogens with zero attached hydrogens (tertiary/aromatic N) is 1. The van der Waals surface area contributed by atoms with Gasteiger partial charge in [-0.1, -0.05) is 146 Å². The Kier molecular flexibility index (Phi) is 7.39. The summed E-state index contributed by atoms with van der Waals surface area (Å²) in [4.78, 5) is 2.42. The molecule has 0 aliphatic carbocycles. The van der Waals surface area contributed by atoms with Gasteiger partial charge in [0.05, 0.1) is 10.4 Å². The van der Waals surface area contributed by atoms with Crippen molar-refractivity contribution in [1.82, 2.24) is 0 Å². The van der Waals surface area contributed by atoms with Gasteiger partial charge in [0.15, 0.2) is 0 Å². The van der Waals surface area contributed by atoms with Crippen LogP contribution in [-0.4, -0.2) is 0 Å². The van der Waals surface area contributed by atoms with Gasteiger partial charge in [0.2, 0.25) is 0 Å². The largest absolute Gasteiger partial charge is 0.456 e. The van der Waals surface area contributed by atoms with Crippen molar-refractivity contribution in [2.24, 2.45) is 0 Å². The van der Waals surface area contributed by atoms with Crippen LogP contribution in [0.1, 0.15) is 0 Å². The molecule has 0 saturated heterocycles. The molecule has 3 heteroatoms. The summed E-state index contributed by atoms with van der Waals surface area (Å²) in [6, 6.07) is 72.2. The summed E-state index contributed by atoms with van der Waals surface area (Å²) in [5.74, 6) is 0. The van der Waals surface area contributed by atoms with Crippen molar-refractivity contribution in [3.8, 4) is 33.4 Å². The summed E-state index contributed by atoms with van der Waals surface area (Å²) in [5, 5.41) is 7.36. The Hall–Kier alpha value is -6.94. The molecule has 0 atom stereocenters. The van der Waals surface area contributed by atoms with Gasteiger partial charge in [0.25, 0.3) is 0 Å². The zero-order valence-corrected chi connectivity index (χ0v) is 30.6. The first-order chi connectivity index (χ1) is 27.3. The van der Waals surface area contributed by atoms with E-state index in [9.17, 15) is 0 Å². The molecule has 9 aromatic carbocycles. The summed E-state index contributed by atoms with van der Waals surface area (Å²) < 4.78 is 8.81. The van der Waals surface area contributed by atoms with E-state index in [2.05, 4.69) is 193 Å². The van der Waals surface area contributed by atoms with Gasteiger partial charge in [0, 0.05) is 37.6 Å². The van der Waals surface area contributed by atoms with E-state index in [-0.39, 0.29) is 0 Å². The maximum atomic E-state index is 6.25. The van der Waals surface area contributed by atoms with Crippen molar-refractivity contribution >= 4 is 81.3 Å². The van der Waals surface area contributed by atoms with Crippen LogP contribution in [0.4, 0.5) is 17.1 Å².